The maximum absolute atomic E-state index is 4.13. The van der Waals surface area contributed by atoms with E-state index in [1.807, 2.05) is 0 Å². The summed E-state index contributed by atoms with van der Waals surface area (Å²) >= 11 is 0. The Kier molecular flexibility index (Phi) is 4.23. The van der Waals surface area contributed by atoms with E-state index in [9.17, 15) is 0 Å². The average Bonchev–Trinajstić information content (AvgIpc) is 1.38. The van der Waals surface area contributed by atoms with Crippen LogP contribution in [0.1, 0.15) is 6.92 Å². The van der Waals surface area contributed by atoms with Gasteiger partial charge in [0.1, 0.15) is 0 Å². The van der Waals surface area contributed by atoms with Gasteiger partial charge in [0.05, 0.1) is 0 Å². The van der Waals surface area contributed by atoms with E-state index in [0.717, 1.165) is 0 Å². The molecule has 2 atom stereocenters. The van der Waals surface area contributed by atoms with E-state index in [0.29, 0.717) is 0 Å². The molecule has 0 saturated carbocycles. The summed E-state index contributed by atoms with van der Waals surface area (Å²) in [6.45, 7) is 2.13. The zero-order valence-corrected chi connectivity index (χ0v) is 6.12. The Morgan fingerprint density at radius 2 is 2.20 bits per heavy atom. The third kappa shape index (κ3) is 5.21. The molecule has 0 heterocycles. The van der Waals surface area contributed by atoms with Crippen molar-refractivity contribution in [1.82, 2.24) is 0 Å². The summed E-state index contributed by atoms with van der Waals surface area (Å²) in [6, 6.07) is 0. The summed E-state index contributed by atoms with van der Waals surface area (Å²) in [6.07, 6.45) is 0. The van der Waals surface area contributed by atoms with Crippen molar-refractivity contribution in [3.05, 3.63) is 0 Å². The molecule has 0 aliphatic carbocycles. The second kappa shape index (κ2) is 3.40. The van der Waals surface area contributed by atoms with Crippen LogP contribution in [0.15, 0.2) is 0 Å². The first-order chi connectivity index (χ1) is 2.27. The molecule has 0 bridgehead atoms. The van der Waals surface area contributed by atoms with Crippen molar-refractivity contribution >= 4 is 25.7 Å². The molecule has 0 aromatic heterocycles. The van der Waals surface area contributed by atoms with E-state index in [2.05, 4.69) is 23.2 Å². The summed E-state index contributed by atoms with van der Waals surface area (Å²) in [5, 5.41) is 0. The molecule has 0 spiro atoms. The first kappa shape index (κ1) is 6.21. The number of hydrogen-bond donors (Lipinski definition) is 1. The fourth-order valence-electron chi connectivity index (χ4n) is 0. The fraction of sp³-hybridized carbons (Fsp3) is 1.00. The Morgan fingerprint density at radius 1 is 2.00 bits per heavy atom. The molecule has 0 N–H and O–H groups in total. The third-order valence-corrected chi connectivity index (χ3v) is 2.92. The first-order valence-corrected chi connectivity index (χ1v) is 5.78. The molecule has 0 fully saturated rings. The van der Waals surface area contributed by atoms with Crippen LogP contribution < -0.4 is 0 Å². The molecule has 0 saturated heterocycles. The van der Waals surface area contributed by atoms with Crippen molar-refractivity contribution in [3.8, 4) is 0 Å². The minimum absolute atomic E-state index is 0.0129. The molecule has 0 amide bonds. The van der Waals surface area contributed by atoms with Crippen LogP contribution in [0.2, 0.25) is 0 Å². The van der Waals surface area contributed by atoms with Gasteiger partial charge in [-0.05, 0) is 0 Å². The van der Waals surface area contributed by atoms with Crippen LogP contribution in [0.25, 0.3) is 0 Å². The summed E-state index contributed by atoms with van der Waals surface area (Å²) in [7, 11) is 6.80. The van der Waals surface area contributed by atoms with Gasteiger partial charge < -0.3 is 0 Å². The molecule has 32 valence electrons. The molecular formula is C2H8P2S. The van der Waals surface area contributed by atoms with Crippen molar-refractivity contribution in [1.29, 1.82) is 0 Å². The Hall–Kier alpha value is 1.21. The van der Waals surface area contributed by atoms with Crippen molar-refractivity contribution < 1.29 is 0 Å². The molecule has 0 nitrogen and oxygen atoms in total. The topological polar surface area (TPSA) is 0 Å². The average molecular weight is 126 g/mol. The fourth-order valence-corrected chi connectivity index (χ4v) is 0. The van der Waals surface area contributed by atoms with Crippen LogP contribution >= 0.6 is 25.7 Å². The van der Waals surface area contributed by atoms with Crippen LogP contribution in [-0.4, -0.2) is 5.75 Å². The standard InChI is InChI=1S/C2H8P2S/c1-2-5(3)4/h5H,2-3H2,1H3. The normalized spacial score (nSPS) is 14.6. The van der Waals surface area contributed by atoms with Gasteiger partial charge >= 0.3 is 38.4 Å². The van der Waals surface area contributed by atoms with Crippen molar-refractivity contribution in [2.75, 3.05) is 5.75 Å². The molecule has 2 unspecified atom stereocenters. The van der Waals surface area contributed by atoms with Crippen molar-refractivity contribution in [2.24, 2.45) is 0 Å². The van der Waals surface area contributed by atoms with Gasteiger partial charge in [0, 0.05) is 0 Å². The van der Waals surface area contributed by atoms with Crippen molar-refractivity contribution in [3.63, 3.8) is 0 Å². The van der Waals surface area contributed by atoms with Gasteiger partial charge in [-0.1, -0.05) is 0 Å². The summed E-state index contributed by atoms with van der Waals surface area (Å²) in [4.78, 5) is 0. The van der Waals surface area contributed by atoms with Crippen LogP contribution in [0, 0.1) is 0 Å². The van der Waals surface area contributed by atoms with E-state index in [1.54, 1.807) is 0 Å². The zero-order valence-electron chi connectivity index (χ0n) is 3.18. The van der Waals surface area contributed by atoms with Gasteiger partial charge in [0.2, 0.25) is 0 Å². The Labute approximate surface area is 39.1 Å². The van der Waals surface area contributed by atoms with Gasteiger partial charge in [-0.2, -0.15) is 0 Å². The van der Waals surface area contributed by atoms with Gasteiger partial charge in [-0.3, -0.25) is 0 Å². The van der Waals surface area contributed by atoms with E-state index in [4.69, 9.17) is 0 Å². The SMILES string of the molecule is CC[SH](#P)P. The van der Waals surface area contributed by atoms with Gasteiger partial charge in [-0.15, -0.1) is 0 Å². The molecule has 0 aliphatic rings. The molecule has 0 aromatic carbocycles. The van der Waals surface area contributed by atoms with E-state index in [1.165, 1.54) is 5.75 Å². The molecule has 0 radical (unpaired) electrons. The molecule has 5 heavy (non-hydrogen) atoms. The van der Waals surface area contributed by atoms with E-state index >= 15 is 0 Å². The Morgan fingerprint density at radius 3 is 2.20 bits per heavy atom. The van der Waals surface area contributed by atoms with E-state index < -0.39 is 0 Å². The molecule has 0 aliphatic heterocycles. The molecule has 0 aromatic rings. The number of thiol groups is 1. The maximum atomic E-state index is 4.13. The zero-order chi connectivity index (χ0) is 4.28. The Balaban J connectivity index is 2.97. The second-order valence-electron chi connectivity index (χ2n) is 0.756. The van der Waals surface area contributed by atoms with Crippen LogP contribution in [0.4, 0.5) is 0 Å². The molecule has 3 heteroatoms. The van der Waals surface area contributed by atoms with Crippen LogP contribution in [-0.2, 0) is 0 Å². The Bertz CT molecular complexity index is 69.5. The molecular weight excluding hydrogens is 118 g/mol. The van der Waals surface area contributed by atoms with Gasteiger partial charge in [-0.25, -0.2) is 0 Å². The summed E-state index contributed by atoms with van der Waals surface area (Å²) in [5.41, 5.74) is 0. The quantitative estimate of drug-likeness (QED) is 0.373. The van der Waals surface area contributed by atoms with Crippen molar-refractivity contribution in [2.45, 2.75) is 6.92 Å². The predicted molar refractivity (Wildman–Crippen MR) is 36.2 cm³/mol. The minimum atomic E-state index is 0.0129. The first-order valence-electron chi connectivity index (χ1n) is 1.48. The van der Waals surface area contributed by atoms with Gasteiger partial charge in [0.25, 0.3) is 0 Å². The third-order valence-electron chi connectivity index (χ3n) is 0.324. The number of hydrogen-bond acceptors (Lipinski definition) is 0. The monoisotopic (exact) mass is 126 g/mol. The van der Waals surface area contributed by atoms with Gasteiger partial charge in [0.15, 0.2) is 0 Å². The second-order valence-corrected chi connectivity index (χ2v) is 6.98. The summed E-state index contributed by atoms with van der Waals surface area (Å²) < 4.78 is 0. The predicted octanol–water partition coefficient (Wildman–Crippen LogP) is 2.12. The number of rotatable bonds is 0. The van der Waals surface area contributed by atoms with E-state index in [-0.39, 0.29) is 9.49 Å². The van der Waals surface area contributed by atoms with Crippen LogP contribution in [0.5, 0.6) is 0 Å². The summed E-state index contributed by atoms with van der Waals surface area (Å²) in [5.74, 6) is 1.20. The molecule has 0 rings (SSSR count). The van der Waals surface area contributed by atoms with Crippen LogP contribution in [0.3, 0.4) is 0 Å².